The van der Waals surface area contributed by atoms with E-state index in [4.69, 9.17) is 4.74 Å². The zero-order chi connectivity index (χ0) is 16.4. The molecule has 0 bridgehead atoms. The minimum absolute atomic E-state index is 0.0182. The number of Topliss-reactive ketones (excluding diaryl/α,β-unsaturated/α-hetero) is 1. The van der Waals surface area contributed by atoms with Gasteiger partial charge in [-0.2, -0.15) is 5.10 Å². The number of fused-ring (bicyclic) bond motifs is 1. The summed E-state index contributed by atoms with van der Waals surface area (Å²) < 4.78 is 5.04. The summed E-state index contributed by atoms with van der Waals surface area (Å²) in [6.45, 7) is 1.53. The molecule has 1 N–H and O–H groups in total. The van der Waals surface area contributed by atoms with E-state index in [1.165, 1.54) is 11.3 Å². The lowest BCUT2D eigenvalue weighted by Gasteiger charge is -2.05. The summed E-state index contributed by atoms with van der Waals surface area (Å²) in [5.74, 6) is -1.02. The summed E-state index contributed by atoms with van der Waals surface area (Å²) in [6, 6.07) is 10.1. The molecule has 3 aromatic rings. The van der Waals surface area contributed by atoms with Gasteiger partial charge in [-0.1, -0.05) is 18.2 Å². The average Bonchev–Trinajstić information content (AvgIpc) is 2.99. The van der Waals surface area contributed by atoms with Gasteiger partial charge in [0, 0.05) is 10.3 Å². The van der Waals surface area contributed by atoms with E-state index in [2.05, 4.69) is 10.2 Å². The number of aromatic amines is 1. The van der Waals surface area contributed by atoms with Crippen LogP contribution in [-0.2, 0) is 4.74 Å². The summed E-state index contributed by atoms with van der Waals surface area (Å²) in [4.78, 5) is 37.3. The van der Waals surface area contributed by atoms with Crippen molar-refractivity contribution in [2.45, 2.75) is 6.92 Å². The predicted octanol–water partition coefficient (Wildman–Crippen LogP) is 2.33. The second-order valence-electron chi connectivity index (χ2n) is 4.86. The lowest BCUT2D eigenvalue weighted by atomic mass is 10.1. The number of benzene rings is 1. The zero-order valence-electron chi connectivity index (χ0n) is 12.2. The summed E-state index contributed by atoms with van der Waals surface area (Å²) in [5.41, 5.74) is -0.405. The predicted molar refractivity (Wildman–Crippen MR) is 86.0 cm³/mol. The second kappa shape index (κ2) is 6.13. The quantitative estimate of drug-likeness (QED) is 0.586. The van der Waals surface area contributed by atoms with Crippen molar-refractivity contribution < 1.29 is 14.3 Å². The molecule has 2 aromatic heterocycles. The van der Waals surface area contributed by atoms with Crippen molar-refractivity contribution in [2.24, 2.45) is 0 Å². The van der Waals surface area contributed by atoms with Gasteiger partial charge in [-0.05, 0) is 25.1 Å². The number of carbonyl (C=O) groups excluding carboxylic acids is 2. The highest BCUT2D eigenvalue weighted by molar-refractivity contribution is 7.14. The number of hydrogen-bond donors (Lipinski definition) is 1. The lowest BCUT2D eigenvalue weighted by molar-refractivity contribution is 0.0471. The van der Waals surface area contributed by atoms with Gasteiger partial charge in [0.2, 0.25) is 5.78 Å². The van der Waals surface area contributed by atoms with Gasteiger partial charge >= 0.3 is 5.97 Å². The summed E-state index contributed by atoms with van der Waals surface area (Å²) in [6.07, 6.45) is 0. The van der Waals surface area contributed by atoms with Gasteiger partial charge in [0.05, 0.1) is 10.3 Å². The van der Waals surface area contributed by atoms with E-state index in [0.717, 1.165) is 4.88 Å². The molecule has 3 rings (SSSR count). The van der Waals surface area contributed by atoms with Gasteiger partial charge in [0.1, 0.15) is 0 Å². The van der Waals surface area contributed by atoms with E-state index in [9.17, 15) is 14.4 Å². The van der Waals surface area contributed by atoms with Crippen LogP contribution in [0.5, 0.6) is 0 Å². The molecule has 6 nitrogen and oxygen atoms in total. The normalized spacial score (nSPS) is 10.7. The molecule has 0 unspecified atom stereocenters. The molecular weight excluding hydrogens is 316 g/mol. The third kappa shape index (κ3) is 3.04. The molecule has 0 saturated carbocycles. The molecule has 2 heterocycles. The Morgan fingerprint density at radius 2 is 1.91 bits per heavy atom. The van der Waals surface area contributed by atoms with Crippen LogP contribution in [0, 0.1) is 6.92 Å². The fourth-order valence-electron chi connectivity index (χ4n) is 2.13. The zero-order valence-corrected chi connectivity index (χ0v) is 13.0. The number of nitrogens with one attached hydrogen (secondary N) is 1. The molecule has 0 radical (unpaired) electrons. The van der Waals surface area contributed by atoms with Crippen LogP contribution in [0.1, 0.15) is 25.0 Å². The molecule has 23 heavy (non-hydrogen) atoms. The minimum atomic E-state index is -0.751. The van der Waals surface area contributed by atoms with Crippen molar-refractivity contribution in [3.63, 3.8) is 0 Å². The summed E-state index contributed by atoms with van der Waals surface area (Å²) in [5, 5.41) is 6.73. The molecule has 0 atom stereocenters. The van der Waals surface area contributed by atoms with E-state index in [-0.39, 0.29) is 23.6 Å². The first-order chi connectivity index (χ1) is 11.1. The Morgan fingerprint density at radius 3 is 2.61 bits per heavy atom. The summed E-state index contributed by atoms with van der Waals surface area (Å²) in [7, 11) is 0. The number of aromatic nitrogens is 2. The van der Waals surface area contributed by atoms with Gasteiger partial charge in [-0.3, -0.25) is 9.59 Å². The second-order valence-corrected chi connectivity index (χ2v) is 6.14. The number of ether oxygens (including phenoxy) is 1. The van der Waals surface area contributed by atoms with Crippen molar-refractivity contribution in [3.05, 3.63) is 62.2 Å². The van der Waals surface area contributed by atoms with Crippen LogP contribution >= 0.6 is 11.3 Å². The van der Waals surface area contributed by atoms with Crippen LogP contribution < -0.4 is 5.56 Å². The number of rotatable bonds is 4. The smallest absolute Gasteiger partial charge is 0.359 e. The number of nitrogens with zero attached hydrogens (tertiary/aromatic N) is 1. The number of aryl methyl sites for hydroxylation is 1. The number of thiophene rings is 1. The molecule has 0 fully saturated rings. The standard InChI is InChI=1S/C16H12N2O4S/c1-9-6-7-13(23-9)12(19)8-22-16(21)14-10-4-2-3-5-11(10)15(20)18-17-14/h2-7H,8H2,1H3,(H,18,20). The third-order valence-corrected chi connectivity index (χ3v) is 4.28. The summed E-state index contributed by atoms with van der Waals surface area (Å²) >= 11 is 1.34. The molecule has 7 heteroatoms. The van der Waals surface area contributed by atoms with Gasteiger partial charge in [0.15, 0.2) is 12.3 Å². The van der Waals surface area contributed by atoms with Crippen molar-refractivity contribution in [1.29, 1.82) is 0 Å². The Bertz CT molecular complexity index is 958. The van der Waals surface area contributed by atoms with Crippen molar-refractivity contribution >= 4 is 33.9 Å². The van der Waals surface area contributed by atoms with Crippen LogP contribution in [-0.4, -0.2) is 28.6 Å². The highest BCUT2D eigenvalue weighted by Crippen LogP contribution is 2.17. The lowest BCUT2D eigenvalue weighted by Crippen LogP contribution is -2.18. The van der Waals surface area contributed by atoms with Crippen LogP contribution in [0.25, 0.3) is 10.8 Å². The first kappa shape index (κ1) is 15.1. The van der Waals surface area contributed by atoms with Crippen LogP contribution in [0.3, 0.4) is 0 Å². The molecular formula is C16H12N2O4S. The first-order valence-corrected chi connectivity index (χ1v) is 7.62. The fraction of sp³-hybridized carbons (Fsp3) is 0.125. The Hall–Kier alpha value is -2.80. The maximum absolute atomic E-state index is 12.2. The number of hydrogen-bond acceptors (Lipinski definition) is 6. The van der Waals surface area contributed by atoms with Crippen molar-refractivity contribution in [2.75, 3.05) is 6.61 Å². The maximum atomic E-state index is 12.2. The monoisotopic (exact) mass is 328 g/mol. The SMILES string of the molecule is Cc1ccc(C(=O)COC(=O)c2n[nH]c(=O)c3ccccc23)s1. The highest BCUT2D eigenvalue weighted by Gasteiger charge is 2.17. The largest absolute Gasteiger partial charge is 0.452 e. The average molecular weight is 328 g/mol. The molecule has 0 saturated heterocycles. The van der Waals surface area contributed by atoms with Crippen molar-refractivity contribution in [1.82, 2.24) is 10.2 Å². The molecule has 116 valence electrons. The molecule has 1 aromatic carbocycles. The number of carbonyl (C=O) groups is 2. The molecule has 0 amide bonds. The van der Waals surface area contributed by atoms with E-state index in [1.807, 2.05) is 13.0 Å². The molecule has 0 spiro atoms. The fourth-order valence-corrected chi connectivity index (χ4v) is 2.92. The third-order valence-electron chi connectivity index (χ3n) is 3.24. The van der Waals surface area contributed by atoms with Gasteiger partial charge in [0.25, 0.3) is 5.56 Å². The number of ketones is 1. The van der Waals surface area contributed by atoms with Gasteiger partial charge in [-0.15, -0.1) is 11.3 Å². The number of esters is 1. The topological polar surface area (TPSA) is 89.1 Å². The molecule has 0 aliphatic heterocycles. The highest BCUT2D eigenvalue weighted by atomic mass is 32.1. The van der Waals surface area contributed by atoms with Crippen LogP contribution in [0.15, 0.2) is 41.2 Å². The Kier molecular flexibility index (Phi) is 4.03. The Labute approximate surface area is 134 Å². The number of H-pyrrole nitrogens is 1. The molecule has 0 aliphatic rings. The van der Waals surface area contributed by atoms with E-state index in [0.29, 0.717) is 15.6 Å². The Balaban J connectivity index is 1.80. The van der Waals surface area contributed by atoms with E-state index in [1.54, 1.807) is 30.3 Å². The van der Waals surface area contributed by atoms with E-state index >= 15 is 0 Å². The van der Waals surface area contributed by atoms with Gasteiger partial charge < -0.3 is 4.74 Å². The maximum Gasteiger partial charge on any atom is 0.359 e. The minimum Gasteiger partial charge on any atom is -0.452 e. The van der Waals surface area contributed by atoms with Crippen LogP contribution in [0.2, 0.25) is 0 Å². The van der Waals surface area contributed by atoms with Crippen LogP contribution in [0.4, 0.5) is 0 Å². The first-order valence-electron chi connectivity index (χ1n) is 6.80. The van der Waals surface area contributed by atoms with Gasteiger partial charge in [-0.25, -0.2) is 9.89 Å². The molecule has 0 aliphatic carbocycles. The van der Waals surface area contributed by atoms with Crippen molar-refractivity contribution in [3.8, 4) is 0 Å². The van der Waals surface area contributed by atoms with E-state index < -0.39 is 5.97 Å². The Morgan fingerprint density at radius 1 is 1.17 bits per heavy atom.